The van der Waals surface area contributed by atoms with Crippen molar-refractivity contribution in [2.24, 2.45) is 11.3 Å². The van der Waals surface area contributed by atoms with Crippen molar-refractivity contribution < 1.29 is 14.3 Å². The average Bonchev–Trinajstić information content (AvgIpc) is 3.03. The molecule has 1 aromatic carbocycles. The number of unbranched alkanes of at least 4 members (excludes halogenated alkanes) is 12. The summed E-state index contributed by atoms with van der Waals surface area (Å²) >= 11 is 0. The van der Waals surface area contributed by atoms with Gasteiger partial charge in [-0.15, -0.1) is 0 Å². The van der Waals surface area contributed by atoms with E-state index in [1.165, 1.54) is 77.0 Å². The topological polar surface area (TPSA) is 72.2 Å². The number of hydrogen-bond donors (Lipinski definition) is 0. The Morgan fingerprint density at radius 1 is 0.810 bits per heavy atom. The zero-order valence-electron chi connectivity index (χ0n) is 26.4. The Balaban J connectivity index is 1.36. The number of esters is 1. The van der Waals surface area contributed by atoms with E-state index in [0.717, 1.165) is 68.6 Å². The van der Waals surface area contributed by atoms with Gasteiger partial charge in [0.25, 0.3) is 0 Å². The van der Waals surface area contributed by atoms with E-state index in [0.29, 0.717) is 5.75 Å². The van der Waals surface area contributed by atoms with Crippen LogP contribution in [0.5, 0.6) is 11.5 Å². The average molecular weight is 575 g/mol. The first kappa shape index (κ1) is 33.6. The highest BCUT2D eigenvalue weighted by atomic mass is 16.5. The van der Waals surface area contributed by atoms with Gasteiger partial charge < -0.3 is 9.47 Å². The largest absolute Gasteiger partial charge is 0.492 e. The number of hydrogen-bond acceptors (Lipinski definition) is 5. The fourth-order valence-corrected chi connectivity index (χ4v) is 6.02. The Kier molecular flexibility index (Phi) is 15.5. The molecule has 1 fully saturated rings. The maximum absolute atomic E-state index is 12.9. The summed E-state index contributed by atoms with van der Waals surface area (Å²) in [6, 6.07) is 14.1. The molecule has 0 unspecified atom stereocenters. The van der Waals surface area contributed by atoms with Crippen LogP contribution in [-0.2, 0) is 4.79 Å². The van der Waals surface area contributed by atoms with Crippen LogP contribution < -0.4 is 9.47 Å². The van der Waals surface area contributed by atoms with Crippen molar-refractivity contribution in [2.75, 3.05) is 6.61 Å². The summed E-state index contributed by atoms with van der Waals surface area (Å²) in [6.07, 6.45) is 23.5. The molecule has 5 heteroatoms. The van der Waals surface area contributed by atoms with Crippen LogP contribution in [0.25, 0.3) is 11.3 Å². The van der Waals surface area contributed by atoms with Crippen LogP contribution >= 0.6 is 0 Å². The highest BCUT2D eigenvalue weighted by Crippen LogP contribution is 2.43. The van der Waals surface area contributed by atoms with Gasteiger partial charge in [0.2, 0.25) is 0 Å². The van der Waals surface area contributed by atoms with Gasteiger partial charge in [0.1, 0.15) is 11.5 Å². The van der Waals surface area contributed by atoms with Gasteiger partial charge in [-0.05, 0) is 74.9 Å². The van der Waals surface area contributed by atoms with Crippen molar-refractivity contribution in [1.82, 2.24) is 4.98 Å². The molecule has 0 spiro atoms. The van der Waals surface area contributed by atoms with Crippen LogP contribution in [0.4, 0.5) is 0 Å². The van der Waals surface area contributed by atoms with E-state index in [2.05, 4.69) is 24.9 Å². The first-order valence-electron chi connectivity index (χ1n) is 16.9. The molecular formula is C37H54N2O3. The van der Waals surface area contributed by atoms with Crippen LogP contribution in [0, 0.1) is 22.7 Å². The zero-order valence-corrected chi connectivity index (χ0v) is 26.4. The summed E-state index contributed by atoms with van der Waals surface area (Å²) in [7, 11) is 0. The Hall–Kier alpha value is -2.87. The Bertz CT molecular complexity index is 1050. The third-order valence-electron chi connectivity index (χ3n) is 8.89. The molecule has 5 nitrogen and oxygen atoms in total. The molecular weight excluding hydrogens is 520 g/mol. The Morgan fingerprint density at radius 3 is 1.95 bits per heavy atom. The number of pyridine rings is 1. The number of carbonyl (C=O) groups is 1. The number of nitriles is 1. The third-order valence-corrected chi connectivity index (χ3v) is 8.89. The molecule has 0 radical (unpaired) electrons. The van der Waals surface area contributed by atoms with Crippen molar-refractivity contribution in [2.45, 2.75) is 136 Å². The van der Waals surface area contributed by atoms with Crippen LogP contribution in [0.3, 0.4) is 0 Å². The maximum Gasteiger partial charge on any atom is 0.314 e. The number of aromatic nitrogens is 1. The molecule has 3 rings (SSSR count). The van der Waals surface area contributed by atoms with Crippen molar-refractivity contribution in [3.63, 3.8) is 0 Å². The Morgan fingerprint density at radius 2 is 1.38 bits per heavy atom. The van der Waals surface area contributed by atoms with Crippen molar-refractivity contribution in [3.8, 4) is 28.8 Å². The van der Waals surface area contributed by atoms with Gasteiger partial charge in [0, 0.05) is 5.56 Å². The van der Waals surface area contributed by atoms with E-state index in [-0.39, 0.29) is 17.3 Å². The summed E-state index contributed by atoms with van der Waals surface area (Å²) in [5.41, 5.74) is 1.57. The molecule has 42 heavy (non-hydrogen) atoms. The first-order valence-corrected chi connectivity index (χ1v) is 16.9. The van der Waals surface area contributed by atoms with Gasteiger partial charge in [0.15, 0.2) is 0 Å². The van der Waals surface area contributed by atoms with Crippen molar-refractivity contribution in [1.29, 1.82) is 5.26 Å². The zero-order chi connectivity index (χ0) is 29.9. The predicted molar refractivity (Wildman–Crippen MR) is 171 cm³/mol. The number of carbonyl (C=O) groups excluding carboxylic acids is 1. The van der Waals surface area contributed by atoms with E-state index in [4.69, 9.17) is 9.47 Å². The van der Waals surface area contributed by atoms with E-state index in [1.807, 2.05) is 36.4 Å². The smallest absolute Gasteiger partial charge is 0.314 e. The lowest BCUT2D eigenvalue weighted by atomic mass is 9.69. The molecule has 1 aliphatic carbocycles. The minimum absolute atomic E-state index is 0.129. The second kappa shape index (κ2) is 19.3. The molecule has 1 saturated carbocycles. The van der Waals surface area contributed by atoms with Crippen LogP contribution in [0.15, 0.2) is 42.6 Å². The number of ether oxygens (including phenoxy) is 2. The van der Waals surface area contributed by atoms with Crippen LogP contribution in [0.2, 0.25) is 0 Å². The quantitative estimate of drug-likeness (QED) is 0.0893. The SMILES string of the molecule is CCCCCCCCCOc1ccc(-c2ccc(OC(=O)[C@H]3CC[C@@](C#N)(CCCCCCCCC)CC3)cc2)nc1. The van der Waals surface area contributed by atoms with E-state index >= 15 is 0 Å². The lowest BCUT2D eigenvalue weighted by molar-refractivity contribution is -0.140. The van der Waals surface area contributed by atoms with E-state index < -0.39 is 0 Å². The molecule has 230 valence electrons. The molecule has 0 saturated heterocycles. The monoisotopic (exact) mass is 574 g/mol. The lowest BCUT2D eigenvalue weighted by Gasteiger charge is -2.34. The normalized spacial score (nSPS) is 18.4. The molecule has 0 amide bonds. The summed E-state index contributed by atoms with van der Waals surface area (Å²) in [4.78, 5) is 17.5. The number of rotatable bonds is 20. The molecule has 1 aliphatic rings. The Labute approximate surface area is 255 Å². The molecule has 2 aromatic rings. The maximum atomic E-state index is 12.9. The minimum Gasteiger partial charge on any atom is -0.492 e. The van der Waals surface area contributed by atoms with Gasteiger partial charge in [0.05, 0.1) is 35.9 Å². The minimum atomic E-state index is -0.261. The second-order valence-corrected chi connectivity index (χ2v) is 12.3. The van der Waals surface area contributed by atoms with Gasteiger partial charge >= 0.3 is 5.97 Å². The summed E-state index contributed by atoms with van der Waals surface area (Å²) in [6.45, 7) is 5.22. The molecule has 1 aromatic heterocycles. The summed E-state index contributed by atoms with van der Waals surface area (Å²) in [5, 5.41) is 9.92. The summed E-state index contributed by atoms with van der Waals surface area (Å²) in [5.74, 6) is 1.05. The highest BCUT2D eigenvalue weighted by molar-refractivity contribution is 5.75. The standard InChI is InChI=1S/C37H54N2O3/c1-3-5-7-9-11-13-15-25-37(30-38)26-23-32(24-27-37)36(40)42-33-19-17-31(18-20-33)35-22-21-34(29-39-35)41-28-16-14-12-10-8-6-4-2/h17-22,29,32H,3-16,23-28H2,1-2H3/t32-,37-. The fourth-order valence-electron chi connectivity index (χ4n) is 6.02. The molecule has 0 bridgehead atoms. The van der Waals surface area contributed by atoms with Crippen LogP contribution in [-0.4, -0.2) is 17.6 Å². The van der Waals surface area contributed by atoms with Gasteiger partial charge in [-0.25, -0.2) is 0 Å². The lowest BCUT2D eigenvalue weighted by Crippen LogP contribution is -2.31. The number of benzene rings is 1. The first-order chi connectivity index (χ1) is 20.6. The van der Waals surface area contributed by atoms with E-state index in [9.17, 15) is 10.1 Å². The summed E-state index contributed by atoms with van der Waals surface area (Å²) < 4.78 is 11.6. The van der Waals surface area contributed by atoms with Crippen molar-refractivity contribution >= 4 is 5.97 Å². The van der Waals surface area contributed by atoms with Gasteiger partial charge in [-0.2, -0.15) is 5.26 Å². The fraction of sp³-hybridized carbons (Fsp3) is 0.649. The van der Waals surface area contributed by atoms with Gasteiger partial charge in [-0.3, -0.25) is 9.78 Å². The highest BCUT2D eigenvalue weighted by Gasteiger charge is 2.38. The molecule has 0 atom stereocenters. The van der Waals surface area contributed by atoms with Gasteiger partial charge in [-0.1, -0.05) is 97.3 Å². The predicted octanol–water partition coefficient (Wildman–Crippen LogP) is 10.6. The van der Waals surface area contributed by atoms with E-state index in [1.54, 1.807) is 6.20 Å². The molecule has 1 heterocycles. The van der Waals surface area contributed by atoms with Crippen molar-refractivity contribution in [3.05, 3.63) is 42.6 Å². The third kappa shape index (κ3) is 11.8. The molecule has 0 N–H and O–H groups in total. The molecule has 0 aliphatic heterocycles. The second-order valence-electron chi connectivity index (χ2n) is 12.3. The number of nitrogens with zero attached hydrogens (tertiary/aromatic N) is 2. The van der Waals surface area contributed by atoms with Crippen LogP contribution in [0.1, 0.15) is 136 Å².